The first-order chi connectivity index (χ1) is 11.8. The average molecular weight is 386 g/mol. The summed E-state index contributed by atoms with van der Waals surface area (Å²) in [5, 5.41) is 4.14. The second kappa shape index (κ2) is 7.55. The molecule has 1 saturated heterocycles. The minimum Gasteiger partial charge on any atom is -0.316 e. The molecule has 1 aromatic rings. The topological polar surface area (TPSA) is 55.4 Å². The first-order valence-corrected chi connectivity index (χ1v) is 11.3. The molecule has 0 radical (unpaired) electrons. The molecule has 2 aliphatic rings. The van der Waals surface area contributed by atoms with Crippen molar-refractivity contribution in [2.75, 3.05) is 19.3 Å². The van der Waals surface area contributed by atoms with E-state index in [0.29, 0.717) is 5.92 Å². The Morgan fingerprint density at radius 3 is 2.52 bits per heavy atom. The summed E-state index contributed by atoms with van der Waals surface area (Å²) in [6.45, 7) is 4.02. The van der Waals surface area contributed by atoms with Crippen LogP contribution in [-0.2, 0) is 19.7 Å². The van der Waals surface area contributed by atoms with E-state index in [4.69, 9.17) is 15.8 Å². The second-order valence-corrected chi connectivity index (χ2v) is 9.85. The van der Waals surface area contributed by atoms with Crippen molar-refractivity contribution in [1.82, 2.24) is 5.32 Å². The van der Waals surface area contributed by atoms with Crippen molar-refractivity contribution in [2.45, 2.75) is 50.5 Å². The van der Waals surface area contributed by atoms with Crippen LogP contribution in [-0.4, -0.2) is 33.9 Å². The molecule has 3 rings (SSSR count). The van der Waals surface area contributed by atoms with Gasteiger partial charge in [-0.2, -0.15) is 8.42 Å². The van der Waals surface area contributed by atoms with Crippen molar-refractivity contribution in [2.24, 2.45) is 11.8 Å². The van der Waals surface area contributed by atoms with Crippen molar-refractivity contribution < 1.29 is 12.6 Å². The predicted octanol–water partition coefficient (Wildman–Crippen LogP) is 3.74. The molecule has 1 saturated carbocycles. The standard InChI is InChI=1S/C19H28ClNO3S/c1-14-8-11-21-13-17(14)18(24-25(2,22)23)12-19(9-3-10-19)15-4-6-16(20)7-5-15/h4-7,14,17-18,21H,3,8-13H2,1-2H3. The molecule has 3 unspecified atom stereocenters. The van der Waals surface area contributed by atoms with Gasteiger partial charge in [0.05, 0.1) is 12.4 Å². The number of benzene rings is 1. The van der Waals surface area contributed by atoms with Crippen molar-refractivity contribution in [3.8, 4) is 0 Å². The maximum Gasteiger partial charge on any atom is 0.264 e. The van der Waals surface area contributed by atoms with Gasteiger partial charge in [-0.3, -0.25) is 4.18 Å². The quantitative estimate of drug-likeness (QED) is 0.758. The number of hydrogen-bond donors (Lipinski definition) is 1. The average Bonchev–Trinajstić information content (AvgIpc) is 2.50. The van der Waals surface area contributed by atoms with E-state index in [1.165, 1.54) is 12.0 Å². The van der Waals surface area contributed by atoms with Gasteiger partial charge in [-0.1, -0.05) is 37.1 Å². The molecular weight excluding hydrogens is 358 g/mol. The highest BCUT2D eigenvalue weighted by molar-refractivity contribution is 7.86. The fourth-order valence-corrected chi connectivity index (χ4v) is 5.18. The number of nitrogens with one attached hydrogen (secondary N) is 1. The summed E-state index contributed by atoms with van der Waals surface area (Å²) in [5.74, 6) is 0.670. The molecule has 1 N–H and O–H groups in total. The summed E-state index contributed by atoms with van der Waals surface area (Å²) in [4.78, 5) is 0. The van der Waals surface area contributed by atoms with E-state index in [1.807, 2.05) is 12.1 Å². The summed E-state index contributed by atoms with van der Waals surface area (Å²) < 4.78 is 29.4. The minimum atomic E-state index is -3.49. The van der Waals surface area contributed by atoms with Crippen LogP contribution in [0.1, 0.15) is 44.6 Å². The predicted molar refractivity (Wildman–Crippen MR) is 101 cm³/mol. The molecule has 1 aliphatic heterocycles. The Morgan fingerprint density at radius 2 is 2.00 bits per heavy atom. The third-order valence-corrected chi connectivity index (χ3v) is 6.87. The minimum absolute atomic E-state index is 0.0110. The van der Waals surface area contributed by atoms with Crippen LogP contribution < -0.4 is 5.32 Å². The fourth-order valence-electron chi connectivity index (χ4n) is 4.40. The number of hydrogen-bond acceptors (Lipinski definition) is 4. The van der Waals surface area contributed by atoms with E-state index in [1.54, 1.807) is 0 Å². The summed E-state index contributed by atoms with van der Waals surface area (Å²) >= 11 is 6.04. The first kappa shape index (κ1) is 19.2. The lowest BCUT2D eigenvalue weighted by Gasteiger charge is -2.47. The van der Waals surface area contributed by atoms with E-state index in [-0.39, 0.29) is 17.4 Å². The van der Waals surface area contributed by atoms with Crippen LogP contribution in [0.5, 0.6) is 0 Å². The molecule has 6 heteroatoms. The SMILES string of the molecule is CC1CCNCC1C(CC1(c2ccc(Cl)cc2)CCC1)OS(C)(=O)=O. The van der Waals surface area contributed by atoms with Crippen LogP contribution in [0.15, 0.2) is 24.3 Å². The summed E-state index contributed by atoms with van der Waals surface area (Å²) in [5.41, 5.74) is 1.26. The van der Waals surface area contributed by atoms with Crippen molar-refractivity contribution in [3.63, 3.8) is 0 Å². The molecule has 0 amide bonds. The Bertz CT molecular complexity index is 685. The molecule has 0 aromatic heterocycles. The van der Waals surface area contributed by atoms with Gasteiger partial charge in [-0.25, -0.2) is 0 Å². The maximum absolute atomic E-state index is 11.9. The van der Waals surface area contributed by atoms with Gasteiger partial charge in [-0.15, -0.1) is 0 Å². The van der Waals surface area contributed by atoms with Gasteiger partial charge in [-0.05, 0) is 61.3 Å². The zero-order valence-corrected chi connectivity index (χ0v) is 16.6. The van der Waals surface area contributed by atoms with E-state index in [9.17, 15) is 8.42 Å². The monoisotopic (exact) mass is 385 g/mol. The van der Waals surface area contributed by atoms with E-state index >= 15 is 0 Å². The van der Waals surface area contributed by atoms with Crippen LogP contribution >= 0.6 is 11.6 Å². The molecule has 0 bridgehead atoms. The number of piperidine rings is 1. The van der Waals surface area contributed by atoms with Crippen molar-refractivity contribution in [1.29, 1.82) is 0 Å². The van der Waals surface area contributed by atoms with Crippen molar-refractivity contribution >= 4 is 21.7 Å². The van der Waals surface area contributed by atoms with Gasteiger partial charge in [0.15, 0.2) is 0 Å². The van der Waals surface area contributed by atoms with E-state index in [2.05, 4.69) is 24.4 Å². The molecule has 1 heterocycles. The third kappa shape index (κ3) is 4.57. The fraction of sp³-hybridized carbons (Fsp3) is 0.684. The smallest absolute Gasteiger partial charge is 0.264 e. The second-order valence-electron chi connectivity index (χ2n) is 7.82. The lowest BCUT2D eigenvalue weighted by atomic mass is 9.60. The zero-order valence-electron chi connectivity index (χ0n) is 15.0. The van der Waals surface area contributed by atoms with E-state index in [0.717, 1.165) is 50.1 Å². The lowest BCUT2D eigenvalue weighted by Crippen LogP contribution is -2.47. The molecule has 3 atom stereocenters. The Labute approximate surface area is 156 Å². The lowest BCUT2D eigenvalue weighted by molar-refractivity contribution is 0.0426. The van der Waals surface area contributed by atoms with Gasteiger partial charge in [0.25, 0.3) is 10.1 Å². The molecule has 1 aromatic carbocycles. The van der Waals surface area contributed by atoms with Gasteiger partial charge in [0.1, 0.15) is 0 Å². The molecule has 0 spiro atoms. The highest BCUT2D eigenvalue weighted by Gasteiger charge is 2.44. The molecular formula is C19H28ClNO3S. The summed E-state index contributed by atoms with van der Waals surface area (Å²) in [6, 6.07) is 8.02. The first-order valence-electron chi connectivity index (χ1n) is 9.14. The van der Waals surface area contributed by atoms with Crippen LogP contribution in [0, 0.1) is 11.8 Å². The third-order valence-electron chi connectivity index (χ3n) is 6.02. The maximum atomic E-state index is 11.9. The summed E-state index contributed by atoms with van der Waals surface area (Å²) in [7, 11) is -3.49. The van der Waals surface area contributed by atoms with Gasteiger partial charge < -0.3 is 5.32 Å². The Morgan fingerprint density at radius 1 is 1.32 bits per heavy atom. The molecule has 140 valence electrons. The number of rotatable bonds is 6. The summed E-state index contributed by atoms with van der Waals surface area (Å²) in [6.07, 6.45) is 6.01. The Kier molecular flexibility index (Phi) is 5.78. The normalized spacial score (nSPS) is 27.5. The van der Waals surface area contributed by atoms with Crippen molar-refractivity contribution in [3.05, 3.63) is 34.9 Å². The Hall–Kier alpha value is -0.620. The Balaban J connectivity index is 1.86. The zero-order chi connectivity index (χ0) is 18.1. The van der Waals surface area contributed by atoms with Crippen LogP contribution in [0.3, 0.4) is 0 Å². The highest BCUT2D eigenvalue weighted by Crippen LogP contribution is 2.49. The van der Waals surface area contributed by atoms with Gasteiger partial charge in [0.2, 0.25) is 0 Å². The molecule has 25 heavy (non-hydrogen) atoms. The number of halogens is 1. The largest absolute Gasteiger partial charge is 0.316 e. The van der Waals surface area contributed by atoms with Gasteiger partial charge in [0, 0.05) is 17.5 Å². The van der Waals surface area contributed by atoms with Crippen LogP contribution in [0.25, 0.3) is 0 Å². The molecule has 2 fully saturated rings. The molecule has 4 nitrogen and oxygen atoms in total. The van der Waals surface area contributed by atoms with Crippen LogP contribution in [0.2, 0.25) is 5.02 Å². The highest BCUT2D eigenvalue weighted by atomic mass is 35.5. The molecule has 1 aliphatic carbocycles. The van der Waals surface area contributed by atoms with Crippen LogP contribution in [0.4, 0.5) is 0 Å². The van der Waals surface area contributed by atoms with Gasteiger partial charge >= 0.3 is 0 Å². The van der Waals surface area contributed by atoms with E-state index < -0.39 is 10.1 Å².